The second-order valence-electron chi connectivity index (χ2n) is 6.05. The van der Waals surface area contributed by atoms with Crippen LogP contribution in [-0.2, 0) is 22.4 Å². The Morgan fingerprint density at radius 1 is 1.38 bits per heavy atom. The zero-order valence-corrected chi connectivity index (χ0v) is 14.4. The number of amides is 1. The van der Waals surface area contributed by atoms with Gasteiger partial charge >= 0.3 is 0 Å². The Morgan fingerprint density at radius 2 is 2.12 bits per heavy atom. The lowest BCUT2D eigenvalue weighted by molar-refractivity contribution is -0.117. The lowest BCUT2D eigenvalue weighted by atomic mass is 9.89. The molecule has 1 aliphatic carbocycles. The summed E-state index contributed by atoms with van der Waals surface area (Å²) in [7, 11) is 1.60. The normalized spacial score (nSPS) is 15.1. The van der Waals surface area contributed by atoms with Crippen LogP contribution in [0.5, 0.6) is 0 Å². The Labute approximate surface area is 143 Å². The average Bonchev–Trinajstić information content (AvgIpc) is 2.61. The van der Waals surface area contributed by atoms with E-state index in [1.807, 2.05) is 13.0 Å². The van der Waals surface area contributed by atoms with E-state index >= 15 is 0 Å². The number of rotatable bonds is 7. The molecule has 0 radical (unpaired) electrons. The van der Waals surface area contributed by atoms with Crippen molar-refractivity contribution in [1.82, 2.24) is 10.6 Å². The molecule has 1 aromatic rings. The molecular formula is C19H25N3O2. The lowest BCUT2D eigenvalue weighted by Gasteiger charge is -2.20. The summed E-state index contributed by atoms with van der Waals surface area (Å²) in [6.45, 7) is 3.01. The Balaban J connectivity index is 1.98. The van der Waals surface area contributed by atoms with E-state index in [4.69, 9.17) is 10.00 Å². The van der Waals surface area contributed by atoms with Gasteiger partial charge in [-0.1, -0.05) is 18.2 Å². The molecule has 0 aromatic heterocycles. The van der Waals surface area contributed by atoms with Crippen LogP contribution >= 0.6 is 0 Å². The van der Waals surface area contributed by atoms with Crippen LogP contribution in [0, 0.1) is 11.3 Å². The van der Waals surface area contributed by atoms with Gasteiger partial charge < -0.3 is 15.4 Å². The van der Waals surface area contributed by atoms with Crippen molar-refractivity contribution in [3.63, 3.8) is 0 Å². The smallest absolute Gasteiger partial charge is 0.263 e. The van der Waals surface area contributed by atoms with E-state index in [2.05, 4.69) is 28.8 Å². The number of nitrogens with one attached hydrogen (secondary N) is 2. The number of carbonyl (C=O) groups excluding carboxylic acids is 1. The van der Waals surface area contributed by atoms with Crippen molar-refractivity contribution in [1.29, 1.82) is 5.26 Å². The van der Waals surface area contributed by atoms with Crippen LogP contribution in [0.1, 0.15) is 42.5 Å². The number of carbonyl (C=O) groups is 1. The molecule has 5 heteroatoms. The molecule has 2 rings (SSSR count). The first-order valence-corrected chi connectivity index (χ1v) is 8.41. The van der Waals surface area contributed by atoms with Crippen molar-refractivity contribution in [2.24, 2.45) is 0 Å². The minimum Gasteiger partial charge on any atom is -0.387 e. The molecule has 0 saturated carbocycles. The molecule has 1 aromatic carbocycles. The van der Waals surface area contributed by atoms with Crippen molar-refractivity contribution in [3.05, 3.63) is 46.7 Å². The summed E-state index contributed by atoms with van der Waals surface area (Å²) in [6, 6.07) is 8.22. The zero-order valence-electron chi connectivity index (χ0n) is 14.4. The van der Waals surface area contributed by atoms with Crippen LogP contribution in [0.3, 0.4) is 0 Å². The van der Waals surface area contributed by atoms with Crippen LogP contribution in [0.15, 0.2) is 30.0 Å². The molecule has 24 heavy (non-hydrogen) atoms. The number of nitrogens with zero attached hydrogens (tertiary/aromatic N) is 1. The van der Waals surface area contributed by atoms with Gasteiger partial charge in [0.05, 0.1) is 12.6 Å². The maximum absolute atomic E-state index is 12.2. The van der Waals surface area contributed by atoms with Gasteiger partial charge in [-0.3, -0.25) is 4.79 Å². The van der Waals surface area contributed by atoms with Gasteiger partial charge in [0.25, 0.3) is 5.91 Å². The molecule has 0 spiro atoms. The molecule has 5 nitrogen and oxygen atoms in total. The van der Waals surface area contributed by atoms with Crippen molar-refractivity contribution in [2.45, 2.75) is 38.6 Å². The maximum atomic E-state index is 12.2. The summed E-state index contributed by atoms with van der Waals surface area (Å²) in [4.78, 5) is 12.2. The van der Waals surface area contributed by atoms with Crippen LogP contribution in [0.25, 0.3) is 0 Å². The van der Waals surface area contributed by atoms with Crippen LogP contribution in [0.2, 0.25) is 0 Å². The van der Waals surface area contributed by atoms with Gasteiger partial charge in [0.1, 0.15) is 11.6 Å². The van der Waals surface area contributed by atoms with Gasteiger partial charge in [-0.05, 0) is 49.3 Å². The number of benzene rings is 1. The van der Waals surface area contributed by atoms with E-state index in [9.17, 15) is 4.79 Å². The Hall–Kier alpha value is -2.32. The third-order valence-electron chi connectivity index (χ3n) is 4.28. The molecule has 1 amide bonds. The van der Waals surface area contributed by atoms with Crippen LogP contribution in [0.4, 0.5) is 0 Å². The third-order valence-corrected chi connectivity index (χ3v) is 4.28. The molecule has 1 aliphatic rings. The van der Waals surface area contributed by atoms with Crippen molar-refractivity contribution >= 4 is 5.91 Å². The van der Waals surface area contributed by atoms with Crippen molar-refractivity contribution < 1.29 is 9.53 Å². The fourth-order valence-electron chi connectivity index (χ4n) is 2.86. The molecule has 0 saturated heterocycles. The number of nitriles is 1. The standard InChI is InChI=1S/C19H25N3O2/c1-14(16-8-7-15-5-3-4-6-17(15)11-16)22-19(23)18(12-20)13-21-9-10-24-2/h7-8,11,13-14,21H,3-6,9-10H2,1-2H3,(H,22,23)/b18-13-. The maximum Gasteiger partial charge on any atom is 0.263 e. The highest BCUT2D eigenvalue weighted by molar-refractivity contribution is 5.97. The van der Waals surface area contributed by atoms with Gasteiger partial charge in [0.2, 0.25) is 0 Å². The molecular weight excluding hydrogens is 302 g/mol. The molecule has 128 valence electrons. The Morgan fingerprint density at radius 3 is 2.83 bits per heavy atom. The number of fused-ring (bicyclic) bond motifs is 1. The number of methoxy groups -OCH3 is 1. The van der Waals surface area contributed by atoms with Gasteiger partial charge in [-0.2, -0.15) is 5.26 Å². The fourth-order valence-corrected chi connectivity index (χ4v) is 2.86. The Kier molecular flexibility index (Phi) is 6.83. The number of hydrogen-bond acceptors (Lipinski definition) is 4. The summed E-state index contributed by atoms with van der Waals surface area (Å²) in [5.41, 5.74) is 3.95. The van der Waals surface area contributed by atoms with Gasteiger partial charge in [0.15, 0.2) is 0 Å². The zero-order chi connectivity index (χ0) is 17.4. The third kappa shape index (κ3) is 4.84. The second kappa shape index (κ2) is 9.09. The number of aryl methyl sites for hydroxylation is 2. The summed E-state index contributed by atoms with van der Waals surface area (Å²) in [5.74, 6) is -0.368. The van der Waals surface area contributed by atoms with Crippen LogP contribution < -0.4 is 10.6 Å². The van der Waals surface area contributed by atoms with E-state index in [0.29, 0.717) is 13.2 Å². The molecule has 2 N–H and O–H groups in total. The first-order valence-electron chi connectivity index (χ1n) is 8.41. The van der Waals surface area contributed by atoms with E-state index in [1.54, 1.807) is 7.11 Å². The van der Waals surface area contributed by atoms with Crippen molar-refractivity contribution in [2.75, 3.05) is 20.3 Å². The van der Waals surface area contributed by atoms with Gasteiger partial charge in [0, 0.05) is 19.9 Å². The summed E-state index contributed by atoms with van der Waals surface area (Å²) in [5, 5.41) is 14.9. The minimum atomic E-state index is -0.368. The largest absolute Gasteiger partial charge is 0.387 e. The van der Waals surface area contributed by atoms with E-state index in [-0.39, 0.29) is 17.5 Å². The molecule has 0 heterocycles. The fraction of sp³-hybridized carbons (Fsp3) is 0.474. The molecule has 1 unspecified atom stereocenters. The quantitative estimate of drug-likeness (QED) is 0.458. The summed E-state index contributed by atoms with van der Waals surface area (Å²) in [6.07, 6.45) is 6.17. The average molecular weight is 327 g/mol. The first kappa shape index (κ1) is 18.0. The second-order valence-corrected chi connectivity index (χ2v) is 6.05. The van der Waals surface area contributed by atoms with E-state index in [1.165, 1.54) is 30.2 Å². The predicted octanol–water partition coefficient (Wildman–Crippen LogP) is 2.39. The highest BCUT2D eigenvalue weighted by atomic mass is 16.5. The van der Waals surface area contributed by atoms with Crippen LogP contribution in [-0.4, -0.2) is 26.2 Å². The molecule has 0 bridgehead atoms. The Bertz CT molecular complexity index is 647. The SMILES string of the molecule is COCCN/C=C(/C#N)C(=O)NC(C)c1ccc2c(c1)CCCC2. The van der Waals surface area contributed by atoms with Gasteiger partial charge in [-0.25, -0.2) is 0 Å². The van der Waals surface area contributed by atoms with Gasteiger partial charge in [-0.15, -0.1) is 0 Å². The van der Waals surface area contributed by atoms with E-state index < -0.39 is 0 Å². The molecule has 0 fully saturated rings. The molecule has 1 atom stereocenters. The summed E-state index contributed by atoms with van der Waals surface area (Å²) < 4.78 is 4.91. The highest BCUT2D eigenvalue weighted by Crippen LogP contribution is 2.24. The summed E-state index contributed by atoms with van der Waals surface area (Å²) >= 11 is 0. The van der Waals surface area contributed by atoms with E-state index in [0.717, 1.165) is 18.4 Å². The first-order chi connectivity index (χ1) is 11.7. The number of ether oxygens (including phenoxy) is 1. The number of hydrogen-bond donors (Lipinski definition) is 2. The monoisotopic (exact) mass is 327 g/mol. The molecule has 0 aliphatic heterocycles. The topological polar surface area (TPSA) is 74.1 Å². The highest BCUT2D eigenvalue weighted by Gasteiger charge is 2.16. The van der Waals surface area contributed by atoms with Crippen molar-refractivity contribution in [3.8, 4) is 6.07 Å². The lowest BCUT2D eigenvalue weighted by Crippen LogP contribution is -2.29. The minimum absolute atomic E-state index is 0.0657. The predicted molar refractivity (Wildman–Crippen MR) is 93.2 cm³/mol.